The molecule has 2 aliphatic rings. The molecule has 0 unspecified atom stereocenters. The molecule has 190 valence electrons. The Labute approximate surface area is 223 Å². The fourth-order valence-corrected chi connectivity index (χ4v) is 5.13. The summed E-state index contributed by atoms with van der Waals surface area (Å²) in [6, 6.07) is 17.8. The van der Waals surface area contributed by atoms with Crippen molar-refractivity contribution < 1.29 is 9.18 Å². The van der Waals surface area contributed by atoms with Crippen molar-refractivity contribution in [1.82, 2.24) is 9.88 Å². The van der Waals surface area contributed by atoms with E-state index in [0.29, 0.717) is 17.3 Å². The molecule has 2 aromatic carbocycles. The van der Waals surface area contributed by atoms with Crippen molar-refractivity contribution in [3.8, 4) is 0 Å². The van der Waals surface area contributed by atoms with Gasteiger partial charge in [-0.2, -0.15) is 0 Å². The van der Waals surface area contributed by atoms with Crippen LogP contribution in [-0.4, -0.2) is 49.0 Å². The molecule has 1 aliphatic heterocycles. The Kier molecular flexibility index (Phi) is 8.18. The summed E-state index contributed by atoms with van der Waals surface area (Å²) in [5, 5.41) is 0.651. The smallest absolute Gasteiger partial charge is 0.237 e. The number of amides is 1. The van der Waals surface area contributed by atoms with Crippen molar-refractivity contribution in [2.75, 3.05) is 43.0 Å². The van der Waals surface area contributed by atoms with Crippen LogP contribution in [0.2, 0.25) is 5.02 Å². The van der Waals surface area contributed by atoms with E-state index in [-0.39, 0.29) is 24.1 Å². The van der Waals surface area contributed by atoms with E-state index in [1.54, 1.807) is 17.0 Å². The number of carbonyl (C=O) groups excluding carboxylic acids is 1. The molecule has 1 aliphatic carbocycles. The van der Waals surface area contributed by atoms with Crippen LogP contribution in [0.5, 0.6) is 0 Å². The molecule has 0 atom stereocenters. The van der Waals surface area contributed by atoms with Gasteiger partial charge in [-0.3, -0.25) is 4.79 Å². The Bertz CT molecular complexity index is 1160. The highest BCUT2D eigenvalue weighted by Crippen LogP contribution is 2.46. The van der Waals surface area contributed by atoms with Crippen molar-refractivity contribution in [2.45, 2.75) is 31.2 Å². The predicted molar refractivity (Wildman–Crippen MR) is 146 cm³/mol. The number of nitrogens with zero attached hydrogens (tertiary/aromatic N) is 4. The van der Waals surface area contributed by atoms with E-state index < -0.39 is 5.41 Å². The maximum Gasteiger partial charge on any atom is 0.237 e. The Balaban J connectivity index is 0.00000304. The van der Waals surface area contributed by atoms with Gasteiger partial charge in [0.15, 0.2) is 0 Å². The summed E-state index contributed by atoms with van der Waals surface area (Å²) in [5.74, 6) is 0.661. The van der Waals surface area contributed by atoms with Gasteiger partial charge in [0.1, 0.15) is 11.6 Å². The molecule has 5 nitrogen and oxygen atoms in total. The second-order valence-corrected chi connectivity index (χ2v) is 10.1. The Hall–Kier alpha value is -2.67. The number of piperazine rings is 1. The Morgan fingerprint density at radius 2 is 1.67 bits per heavy atom. The summed E-state index contributed by atoms with van der Waals surface area (Å²) in [4.78, 5) is 25.2. The van der Waals surface area contributed by atoms with E-state index in [9.17, 15) is 9.18 Å². The van der Waals surface area contributed by atoms with Crippen LogP contribution in [0.3, 0.4) is 0 Å². The van der Waals surface area contributed by atoms with Crippen molar-refractivity contribution in [2.24, 2.45) is 0 Å². The number of halogens is 3. The summed E-state index contributed by atoms with van der Waals surface area (Å²) in [5.41, 5.74) is 2.01. The first-order valence-corrected chi connectivity index (χ1v) is 12.5. The summed E-state index contributed by atoms with van der Waals surface area (Å²) in [6.07, 6.45) is 4.41. The SMILES string of the molecule is CN1CCN(c2ccc(CN(C(=O)C3(c4ccc(Cl)cc4)CCC3)c3ccc(F)cc3)cn2)CC1.Cl. The lowest BCUT2D eigenvalue weighted by molar-refractivity contribution is -0.127. The number of pyridine rings is 1. The van der Waals surface area contributed by atoms with Crippen molar-refractivity contribution in [3.05, 3.63) is 88.8 Å². The third-order valence-corrected chi connectivity index (χ3v) is 7.63. The maximum absolute atomic E-state index is 14.1. The van der Waals surface area contributed by atoms with Crippen LogP contribution in [0.25, 0.3) is 0 Å². The second kappa shape index (κ2) is 11.2. The molecule has 0 N–H and O–H groups in total. The lowest BCUT2D eigenvalue weighted by Gasteiger charge is -2.44. The van der Waals surface area contributed by atoms with E-state index in [1.165, 1.54) is 12.1 Å². The zero-order valence-corrected chi connectivity index (χ0v) is 21.9. The Morgan fingerprint density at radius 3 is 2.22 bits per heavy atom. The first-order chi connectivity index (χ1) is 16.9. The number of carbonyl (C=O) groups is 1. The number of aromatic nitrogens is 1. The highest BCUT2D eigenvalue weighted by Gasteiger charge is 2.48. The standard InChI is InChI=1S/C28H30ClFN4O.ClH/c1-32-15-17-33(18-16-32)26-12-3-21(19-31-26)20-34(25-10-8-24(30)9-11-25)27(35)28(13-2-14-28)22-4-6-23(29)7-5-22;/h3-12,19H,2,13-18,20H2,1H3;1H. The van der Waals surface area contributed by atoms with Gasteiger partial charge in [0.2, 0.25) is 5.91 Å². The minimum Gasteiger partial charge on any atom is -0.354 e. The molecule has 0 bridgehead atoms. The van der Waals surface area contributed by atoms with Crippen LogP contribution in [0.15, 0.2) is 66.9 Å². The highest BCUT2D eigenvalue weighted by atomic mass is 35.5. The van der Waals surface area contributed by atoms with E-state index in [1.807, 2.05) is 42.6 Å². The summed E-state index contributed by atoms with van der Waals surface area (Å²) in [7, 11) is 2.13. The molecule has 1 aromatic heterocycles. The number of hydrogen-bond acceptors (Lipinski definition) is 4. The van der Waals surface area contributed by atoms with Crippen molar-refractivity contribution >= 4 is 41.4 Å². The zero-order valence-electron chi connectivity index (χ0n) is 20.4. The first kappa shape index (κ1) is 26.4. The number of anilines is 2. The first-order valence-electron chi connectivity index (χ1n) is 12.2. The minimum absolute atomic E-state index is 0. The van der Waals surface area contributed by atoms with Crippen LogP contribution >= 0.6 is 24.0 Å². The fraction of sp³-hybridized carbons (Fsp3) is 0.357. The topological polar surface area (TPSA) is 39.7 Å². The summed E-state index contributed by atoms with van der Waals surface area (Å²) in [6.45, 7) is 4.31. The van der Waals surface area contributed by atoms with Crippen LogP contribution < -0.4 is 9.80 Å². The average Bonchev–Trinajstić information content (AvgIpc) is 2.84. The molecule has 8 heteroatoms. The molecule has 0 spiro atoms. The number of benzene rings is 2. The zero-order chi connectivity index (χ0) is 24.4. The molecular weight excluding hydrogens is 498 g/mol. The van der Waals surface area contributed by atoms with Crippen molar-refractivity contribution in [1.29, 1.82) is 0 Å². The van der Waals surface area contributed by atoms with E-state index in [4.69, 9.17) is 16.6 Å². The van der Waals surface area contributed by atoms with E-state index >= 15 is 0 Å². The third kappa shape index (κ3) is 5.36. The molecule has 5 rings (SSSR count). The summed E-state index contributed by atoms with van der Waals surface area (Å²) >= 11 is 6.12. The molecular formula is C28H31Cl2FN4O. The summed E-state index contributed by atoms with van der Waals surface area (Å²) < 4.78 is 13.7. The van der Waals surface area contributed by atoms with E-state index in [2.05, 4.69) is 16.8 Å². The lowest BCUT2D eigenvalue weighted by Crippen LogP contribution is -2.51. The largest absolute Gasteiger partial charge is 0.354 e. The van der Waals surface area contributed by atoms with Crippen LogP contribution in [-0.2, 0) is 16.8 Å². The van der Waals surface area contributed by atoms with Gasteiger partial charge in [0, 0.05) is 43.1 Å². The quantitative estimate of drug-likeness (QED) is 0.411. The molecule has 1 amide bonds. The van der Waals surface area contributed by atoms with Gasteiger partial charge in [-0.15, -0.1) is 12.4 Å². The van der Waals surface area contributed by atoms with Gasteiger partial charge in [0.05, 0.1) is 12.0 Å². The average molecular weight is 529 g/mol. The van der Waals surface area contributed by atoms with Gasteiger partial charge in [-0.1, -0.05) is 36.2 Å². The molecule has 3 aromatic rings. The number of likely N-dealkylation sites (N-methyl/N-ethyl adjacent to an activating group) is 1. The van der Waals surface area contributed by atoms with Crippen molar-refractivity contribution in [3.63, 3.8) is 0 Å². The van der Waals surface area contributed by atoms with Gasteiger partial charge < -0.3 is 14.7 Å². The van der Waals surface area contributed by atoms with Crippen LogP contribution in [0.1, 0.15) is 30.4 Å². The Morgan fingerprint density at radius 1 is 1.00 bits per heavy atom. The molecule has 1 saturated heterocycles. The third-order valence-electron chi connectivity index (χ3n) is 7.37. The highest BCUT2D eigenvalue weighted by molar-refractivity contribution is 6.30. The monoisotopic (exact) mass is 528 g/mol. The minimum atomic E-state index is -0.591. The normalized spacial score (nSPS) is 17.1. The number of hydrogen-bond donors (Lipinski definition) is 0. The van der Waals surface area contributed by atoms with Gasteiger partial charge in [-0.25, -0.2) is 9.37 Å². The van der Waals surface area contributed by atoms with Gasteiger partial charge in [0.25, 0.3) is 0 Å². The molecule has 1 saturated carbocycles. The molecule has 0 radical (unpaired) electrons. The fourth-order valence-electron chi connectivity index (χ4n) is 5.00. The molecule has 2 fully saturated rings. The van der Waals surface area contributed by atoms with Crippen LogP contribution in [0.4, 0.5) is 15.9 Å². The van der Waals surface area contributed by atoms with E-state index in [0.717, 1.165) is 62.4 Å². The maximum atomic E-state index is 14.1. The predicted octanol–water partition coefficient (Wildman–Crippen LogP) is 5.70. The molecule has 36 heavy (non-hydrogen) atoms. The molecule has 2 heterocycles. The van der Waals surface area contributed by atoms with Gasteiger partial charge >= 0.3 is 0 Å². The second-order valence-electron chi connectivity index (χ2n) is 9.63. The van der Waals surface area contributed by atoms with Crippen LogP contribution in [0, 0.1) is 5.82 Å². The van der Waals surface area contributed by atoms with Gasteiger partial charge in [-0.05, 0) is 73.5 Å². The number of rotatable bonds is 6. The lowest BCUT2D eigenvalue weighted by atomic mass is 9.63.